The van der Waals surface area contributed by atoms with Gasteiger partial charge in [-0.15, -0.1) is 0 Å². The molecule has 0 aliphatic heterocycles. The zero-order chi connectivity index (χ0) is 20.0. The molecule has 0 aliphatic rings. The molecular formula is C18H19ClN2O6. The summed E-state index contributed by atoms with van der Waals surface area (Å²) in [5.74, 6) is -0.180. The van der Waals surface area contributed by atoms with Crippen LogP contribution in [0.15, 0.2) is 30.3 Å². The summed E-state index contributed by atoms with van der Waals surface area (Å²) < 4.78 is 20.6. The van der Waals surface area contributed by atoms with Gasteiger partial charge in [-0.2, -0.15) is 0 Å². The largest absolute Gasteiger partial charge is 0.493 e. The number of hydrogen-bond acceptors (Lipinski definition) is 7. The molecule has 8 nitrogen and oxygen atoms in total. The molecule has 144 valence electrons. The fourth-order valence-electron chi connectivity index (χ4n) is 2.26. The van der Waals surface area contributed by atoms with E-state index in [0.29, 0.717) is 28.0 Å². The van der Waals surface area contributed by atoms with Crippen molar-refractivity contribution < 1.29 is 28.5 Å². The van der Waals surface area contributed by atoms with E-state index in [2.05, 4.69) is 5.32 Å². The van der Waals surface area contributed by atoms with Crippen LogP contribution in [0.5, 0.6) is 17.2 Å². The third kappa shape index (κ3) is 4.95. The van der Waals surface area contributed by atoms with Crippen molar-refractivity contribution in [1.82, 2.24) is 0 Å². The quantitative estimate of drug-likeness (QED) is 0.548. The van der Waals surface area contributed by atoms with Gasteiger partial charge >= 0.3 is 5.97 Å². The van der Waals surface area contributed by atoms with Gasteiger partial charge in [0.1, 0.15) is 0 Å². The van der Waals surface area contributed by atoms with Crippen LogP contribution in [0, 0.1) is 0 Å². The molecule has 0 aromatic heterocycles. The first-order valence-electron chi connectivity index (χ1n) is 7.71. The maximum atomic E-state index is 12.1. The molecular weight excluding hydrogens is 376 g/mol. The highest BCUT2D eigenvalue weighted by atomic mass is 35.5. The molecule has 3 N–H and O–H groups in total. The monoisotopic (exact) mass is 394 g/mol. The number of rotatable bonds is 7. The molecule has 2 aromatic carbocycles. The lowest BCUT2D eigenvalue weighted by molar-refractivity contribution is -0.119. The van der Waals surface area contributed by atoms with Crippen LogP contribution in [0.1, 0.15) is 10.4 Å². The van der Waals surface area contributed by atoms with Crippen LogP contribution in [0.25, 0.3) is 0 Å². The standard InChI is InChI=1S/C18H19ClN2O6/c1-24-14-7-11(8-15(25-2)17(14)26-3)21-16(22)9-27-18(23)12-6-10(19)4-5-13(12)20/h4-8H,9,20H2,1-3H3,(H,21,22). The summed E-state index contributed by atoms with van der Waals surface area (Å²) in [7, 11) is 4.39. The van der Waals surface area contributed by atoms with E-state index in [9.17, 15) is 9.59 Å². The Morgan fingerprint density at radius 2 is 1.67 bits per heavy atom. The lowest BCUT2D eigenvalue weighted by Crippen LogP contribution is -2.21. The van der Waals surface area contributed by atoms with Crippen molar-refractivity contribution in [3.63, 3.8) is 0 Å². The van der Waals surface area contributed by atoms with E-state index in [1.165, 1.54) is 33.5 Å². The lowest BCUT2D eigenvalue weighted by Gasteiger charge is -2.14. The van der Waals surface area contributed by atoms with Crippen molar-refractivity contribution in [3.05, 3.63) is 40.9 Å². The lowest BCUT2D eigenvalue weighted by atomic mass is 10.2. The van der Waals surface area contributed by atoms with Crippen LogP contribution in [-0.4, -0.2) is 39.8 Å². The molecule has 0 bridgehead atoms. The minimum absolute atomic E-state index is 0.0862. The summed E-state index contributed by atoms with van der Waals surface area (Å²) in [6.07, 6.45) is 0. The number of carbonyl (C=O) groups is 2. The molecule has 9 heteroatoms. The molecule has 0 saturated heterocycles. The van der Waals surface area contributed by atoms with Crippen LogP contribution in [0.2, 0.25) is 5.02 Å². The van der Waals surface area contributed by atoms with E-state index >= 15 is 0 Å². The van der Waals surface area contributed by atoms with Crippen molar-refractivity contribution in [1.29, 1.82) is 0 Å². The minimum Gasteiger partial charge on any atom is -0.493 e. The van der Waals surface area contributed by atoms with Gasteiger partial charge in [0.15, 0.2) is 18.1 Å². The topological polar surface area (TPSA) is 109 Å². The molecule has 1 amide bonds. The summed E-state index contributed by atoms with van der Waals surface area (Å²) in [6.45, 7) is -0.512. The molecule has 2 aromatic rings. The van der Waals surface area contributed by atoms with Crippen molar-refractivity contribution in [2.75, 3.05) is 39.0 Å². The number of methoxy groups -OCH3 is 3. The van der Waals surface area contributed by atoms with Gasteiger partial charge in [0.25, 0.3) is 5.91 Å². The average Bonchev–Trinajstić information content (AvgIpc) is 2.67. The molecule has 0 fully saturated rings. The maximum Gasteiger partial charge on any atom is 0.340 e. The molecule has 0 spiro atoms. The number of benzene rings is 2. The fraction of sp³-hybridized carbons (Fsp3) is 0.222. The van der Waals surface area contributed by atoms with Crippen molar-refractivity contribution in [3.8, 4) is 17.2 Å². The van der Waals surface area contributed by atoms with Gasteiger partial charge < -0.3 is 30.0 Å². The van der Waals surface area contributed by atoms with Gasteiger partial charge in [-0.3, -0.25) is 4.79 Å². The van der Waals surface area contributed by atoms with Crippen LogP contribution in [0.3, 0.4) is 0 Å². The third-order valence-corrected chi connectivity index (χ3v) is 3.75. The Morgan fingerprint density at radius 1 is 1.04 bits per heavy atom. The Kier molecular flexibility index (Phi) is 6.73. The Balaban J connectivity index is 2.05. The summed E-state index contributed by atoms with van der Waals surface area (Å²) in [5.41, 5.74) is 6.38. The second-order valence-electron chi connectivity index (χ2n) is 5.27. The predicted molar refractivity (Wildman–Crippen MR) is 101 cm³/mol. The van der Waals surface area contributed by atoms with Crippen LogP contribution >= 0.6 is 11.6 Å². The number of anilines is 2. The van der Waals surface area contributed by atoms with E-state index in [-0.39, 0.29) is 11.3 Å². The molecule has 0 atom stereocenters. The van der Waals surface area contributed by atoms with E-state index in [4.69, 9.17) is 36.3 Å². The molecule has 27 heavy (non-hydrogen) atoms. The Morgan fingerprint density at radius 3 is 2.22 bits per heavy atom. The van der Waals surface area contributed by atoms with Gasteiger partial charge in [0.05, 0.1) is 26.9 Å². The van der Waals surface area contributed by atoms with E-state index in [1.54, 1.807) is 18.2 Å². The highest BCUT2D eigenvalue weighted by molar-refractivity contribution is 6.31. The summed E-state index contributed by atoms with van der Waals surface area (Å²) in [5, 5.41) is 2.92. The molecule has 0 aliphatic carbocycles. The van der Waals surface area contributed by atoms with Crippen LogP contribution < -0.4 is 25.3 Å². The third-order valence-electron chi connectivity index (χ3n) is 3.52. The van der Waals surface area contributed by atoms with Gasteiger partial charge in [-0.05, 0) is 18.2 Å². The van der Waals surface area contributed by atoms with Gasteiger partial charge in [0.2, 0.25) is 5.75 Å². The Hall–Kier alpha value is -3.13. The van der Waals surface area contributed by atoms with Crippen molar-refractivity contribution >= 4 is 34.9 Å². The first-order chi connectivity index (χ1) is 12.9. The maximum absolute atomic E-state index is 12.1. The summed E-state index contributed by atoms with van der Waals surface area (Å²) in [4.78, 5) is 24.2. The first kappa shape index (κ1) is 20.2. The molecule has 0 unspecified atom stereocenters. The molecule has 0 saturated carbocycles. The molecule has 2 rings (SSSR count). The van der Waals surface area contributed by atoms with E-state index in [0.717, 1.165) is 0 Å². The van der Waals surface area contributed by atoms with E-state index in [1.807, 2.05) is 0 Å². The predicted octanol–water partition coefficient (Wildman–Crippen LogP) is 2.74. The van der Waals surface area contributed by atoms with Crippen LogP contribution in [0.4, 0.5) is 11.4 Å². The van der Waals surface area contributed by atoms with Gasteiger partial charge in [0, 0.05) is 28.5 Å². The SMILES string of the molecule is COc1cc(NC(=O)COC(=O)c2cc(Cl)ccc2N)cc(OC)c1OC. The summed E-state index contributed by atoms with van der Waals surface area (Å²) in [6, 6.07) is 7.50. The average molecular weight is 395 g/mol. The van der Waals surface area contributed by atoms with Gasteiger partial charge in [-0.1, -0.05) is 11.6 Å². The Bertz CT molecular complexity index is 831. The van der Waals surface area contributed by atoms with Crippen LogP contribution in [-0.2, 0) is 9.53 Å². The number of halogens is 1. The smallest absolute Gasteiger partial charge is 0.340 e. The normalized spacial score (nSPS) is 10.1. The summed E-state index contributed by atoms with van der Waals surface area (Å²) >= 11 is 5.84. The fourth-order valence-corrected chi connectivity index (χ4v) is 2.44. The number of esters is 1. The zero-order valence-corrected chi connectivity index (χ0v) is 15.8. The number of amides is 1. The minimum atomic E-state index is -0.755. The number of nitrogen functional groups attached to an aromatic ring is 1. The van der Waals surface area contributed by atoms with Gasteiger partial charge in [-0.25, -0.2) is 4.79 Å². The van der Waals surface area contributed by atoms with Crippen molar-refractivity contribution in [2.24, 2.45) is 0 Å². The zero-order valence-electron chi connectivity index (χ0n) is 15.0. The van der Waals surface area contributed by atoms with E-state index < -0.39 is 18.5 Å². The number of nitrogens with one attached hydrogen (secondary N) is 1. The Labute approximate surface area is 161 Å². The number of hydrogen-bond donors (Lipinski definition) is 2. The number of nitrogens with two attached hydrogens (primary N) is 1. The first-order valence-corrected chi connectivity index (χ1v) is 8.09. The van der Waals surface area contributed by atoms with Crippen molar-refractivity contribution in [2.45, 2.75) is 0 Å². The molecule has 0 radical (unpaired) electrons. The highest BCUT2D eigenvalue weighted by Gasteiger charge is 2.17. The second kappa shape index (κ2) is 9.00. The number of carbonyl (C=O) groups excluding carboxylic acids is 2. The second-order valence-corrected chi connectivity index (χ2v) is 5.71. The highest BCUT2D eigenvalue weighted by Crippen LogP contribution is 2.39. The molecule has 0 heterocycles. The number of ether oxygens (including phenoxy) is 4.